The highest BCUT2D eigenvalue weighted by Crippen LogP contribution is 2.55. The number of imide groups is 1. The predicted molar refractivity (Wildman–Crippen MR) is 75.1 cm³/mol. The van der Waals surface area contributed by atoms with Crippen molar-refractivity contribution in [2.24, 2.45) is 23.7 Å². The van der Waals surface area contributed by atoms with Crippen molar-refractivity contribution in [1.29, 1.82) is 0 Å². The molecule has 0 radical (unpaired) electrons. The first-order valence-electron chi connectivity index (χ1n) is 7.79. The summed E-state index contributed by atoms with van der Waals surface area (Å²) in [5.74, 6) is 0.400. The summed E-state index contributed by atoms with van der Waals surface area (Å²) in [5, 5.41) is 2.68. The molecule has 1 aromatic heterocycles. The number of nitrogens with zero attached hydrogens (tertiary/aromatic N) is 1. The minimum atomic E-state index is -0.328. The zero-order valence-corrected chi connectivity index (χ0v) is 12.2. The van der Waals surface area contributed by atoms with Crippen LogP contribution in [0.15, 0.2) is 22.8 Å². The first kappa shape index (κ1) is 13.5. The van der Waals surface area contributed by atoms with E-state index < -0.39 is 0 Å². The quantitative estimate of drug-likeness (QED) is 0.839. The number of fused-ring (bicyclic) bond motifs is 5. The zero-order valence-electron chi connectivity index (χ0n) is 12.2. The molecule has 1 aliphatic heterocycles. The van der Waals surface area contributed by atoms with Crippen molar-refractivity contribution in [2.75, 3.05) is 6.54 Å². The second-order valence-corrected chi connectivity index (χ2v) is 6.50. The van der Waals surface area contributed by atoms with Crippen LogP contribution in [0, 0.1) is 23.7 Å². The fourth-order valence-corrected chi connectivity index (χ4v) is 4.42. The molecular weight excluding hydrogens is 284 g/mol. The molecule has 4 rings (SSSR count). The van der Waals surface area contributed by atoms with Crippen LogP contribution in [0.1, 0.15) is 25.0 Å². The van der Waals surface area contributed by atoms with E-state index in [0.717, 1.165) is 24.2 Å². The van der Waals surface area contributed by atoms with Crippen LogP contribution in [0.4, 0.5) is 0 Å². The van der Waals surface area contributed by atoms with Crippen LogP contribution in [-0.4, -0.2) is 29.2 Å². The molecule has 6 heteroatoms. The third-order valence-electron chi connectivity index (χ3n) is 5.36. The summed E-state index contributed by atoms with van der Waals surface area (Å²) in [6.45, 7) is 0.0883. The van der Waals surface area contributed by atoms with E-state index in [1.165, 1.54) is 6.26 Å². The fourth-order valence-electron chi connectivity index (χ4n) is 4.42. The van der Waals surface area contributed by atoms with Gasteiger partial charge in [0.2, 0.25) is 17.7 Å². The van der Waals surface area contributed by atoms with Gasteiger partial charge in [-0.15, -0.1) is 0 Å². The molecule has 1 N–H and O–H groups in total. The lowest BCUT2D eigenvalue weighted by Crippen LogP contribution is -2.41. The third-order valence-corrected chi connectivity index (χ3v) is 5.36. The highest BCUT2D eigenvalue weighted by molar-refractivity contribution is 6.08. The molecule has 3 fully saturated rings. The maximum atomic E-state index is 12.5. The molecule has 0 aromatic carbocycles. The van der Waals surface area contributed by atoms with Crippen LogP contribution < -0.4 is 5.32 Å². The van der Waals surface area contributed by atoms with E-state index in [0.29, 0.717) is 17.6 Å². The molecule has 3 amide bonds. The second-order valence-electron chi connectivity index (χ2n) is 6.50. The Morgan fingerprint density at radius 3 is 2.50 bits per heavy atom. The van der Waals surface area contributed by atoms with E-state index in [9.17, 15) is 14.4 Å². The van der Waals surface area contributed by atoms with E-state index >= 15 is 0 Å². The van der Waals surface area contributed by atoms with Gasteiger partial charge in [0.1, 0.15) is 12.3 Å². The molecule has 2 heterocycles. The largest absolute Gasteiger partial charge is 0.467 e. The number of likely N-dealkylation sites (tertiary alicyclic amines) is 1. The summed E-state index contributed by atoms with van der Waals surface area (Å²) in [6, 6.07) is 3.50. The van der Waals surface area contributed by atoms with Gasteiger partial charge >= 0.3 is 0 Å². The Morgan fingerprint density at radius 2 is 1.91 bits per heavy atom. The molecule has 116 valence electrons. The van der Waals surface area contributed by atoms with Crippen LogP contribution in [0.5, 0.6) is 0 Å². The normalized spacial score (nSPS) is 32.6. The molecule has 3 aliphatic rings. The summed E-state index contributed by atoms with van der Waals surface area (Å²) in [4.78, 5) is 38.1. The summed E-state index contributed by atoms with van der Waals surface area (Å²) in [6.07, 6.45) is 4.63. The molecule has 0 unspecified atom stereocenters. The van der Waals surface area contributed by atoms with Crippen LogP contribution in [0.25, 0.3) is 0 Å². The van der Waals surface area contributed by atoms with E-state index in [4.69, 9.17) is 4.42 Å². The van der Waals surface area contributed by atoms with Crippen LogP contribution in [0.3, 0.4) is 0 Å². The molecular formula is C16H18N2O4. The van der Waals surface area contributed by atoms with Crippen LogP contribution in [0.2, 0.25) is 0 Å². The minimum absolute atomic E-state index is 0.143. The van der Waals surface area contributed by atoms with Crippen molar-refractivity contribution in [1.82, 2.24) is 10.2 Å². The van der Waals surface area contributed by atoms with Crippen molar-refractivity contribution in [2.45, 2.75) is 25.8 Å². The average molecular weight is 302 g/mol. The summed E-state index contributed by atoms with van der Waals surface area (Å²) in [5.41, 5.74) is 0. The van der Waals surface area contributed by atoms with Crippen molar-refractivity contribution < 1.29 is 18.8 Å². The zero-order chi connectivity index (χ0) is 15.3. The minimum Gasteiger partial charge on any atom is -0.467 e. The van der Waals surface area contributed by atoms with Gasteiger partial charge in [0.05, 0.1) is 24.6 Å². The molecule has 0 spiro atoms. The maximum Gasteiger partial charge on any atom is 0.240 e. The summed E-state index contributed by atoms with van der Waals surface area (Å²) in [7, 11) is 0. The fraction of sp³-hybridized carbons (Fsp3) is 0.562. The van der Waals surface area contributed by atoms with E-state index in [1.807, 2.05) is 0 Å². The monoisotopic (exact) mass is 302 g/mol. The number of rotatable bonds is 4. The van der Waals surface area contributed by atoms with Gasteiger partial charge in [-0.05, 0) is 43.2 Å². The van der Waals surface area contributed by atoms with Gasteiger partial charge in [-0.3, -0.25) is 19.3 Å². The third kappa shape index (κ3) is 1.97. The lowest BCUT2D eigenvalue weighted by Gasteiger charge is -2.19. The first-order chi connectivity index (χ1) is 10.6. The summed E-state index contributed by atoms with van der Waals surface area (Å²) >= 11 is 0. The van der Waals surface area contributed by atoms with Gasteiger partial charge in [0.25, 0.3) is 0 Å². The lowest BCUT2D eigenvalue weighted by atomic mass is 9.81. The Balaban J connectivity index is 1.40. The molecule has 6 nitrogen and oxygen atoms in total. The summed E-state index contributed by atoms with van der Waals surface area (Å²) < 4.78 is 5.13. The van der Waals surface area contributed by atoms with Gasteiger partial charge in [-0.2, -0.15) is 0 Å². The Morgan fingerprint density at radius 1 is 1.23 bits per heavy atom. The van der Waals surface area contributed by atoms with Crippen LogP contribution in [-0.2, 0) is 20.9 Å². The molecule has 1 aromatic rings. The highest BCUT2D eigenvalue weighted by Gasteiger charge is 2.60. The Kier molecular flexibility index (Phi) is 3.06. The first-order valence-corrected chi connectivity index (χ1v) is 7.79. The second kappa shape index (κ2) is 4.97. The van der Waals surface area contributed by atoms with E-state index in [-0.39, 0.29) is 42.6 Å². The molecule has 2 saturated carbocycles. The van der Waals surface area contributed by atoms with Crippen molar-refractivity contribution in [3.05, 3.63) is 24.2 Å². The van der Waals surface area contributed by atoms with Gasteiger partial charge in [-0.25, -0.2) is 0 Å². The smallest absolute Gasteiger partial charge is 0.240 e. The van der Waals surface area contributed by atoms with E-state index in [2.05, 4.69) is 5.32 Å². The number of furan rings is 1. The Labute approximate surface area is 127 Å². The number of carbonyl (C=O) groups is 3. The highest BCUT2D eigenvalue weighted by atomic mass is 16.3. The van der Waals surface area contributed by atoms with Gasteiger partial charge in [0, 0.05) is 0 Å². The van der Waals surface area contributed by atoms with Crippen molar-refractivity contribution >= 4 is 17.7 Å². The average Bonchev–Trinajstić information content (AvgIpc) is 3.26. The van der Waals surface area contributed by atoms with E-state index in [1.54, 1.807) is 12.1 Å². The standard InChI is InChI=1S/C16H18N2O4/c19-12(17-7-11-2-1-5-22-11)8-18-15(20)13-9-3-4-10(6-9)14(13)16(18)21/h1-2,5,9-10,13-14H,3-4,6-8H2,(H,17,19)/t9-,10+,13-,14-/m0/s1. The van der Waals surface area contributed by atoms with Crippen molar-refractivity contribution in [3.63, 3.8) is 0 Å². The SMILES string of the molecule is O=C(CN1C(=O)[C@H]2[C@@H]3CC[C@@H](C3)[C@@H]2C1=O)NCc1ccco1. The van der Waals surface area contributed by atoms with Gasteiger partial charge < -0.3 is 9.73 Å². The lowest BCUT2D eigenvalue weighted by molar-refractivity contribution is -0.144. The van der Waals surface area contributed by atoms with Crippen LogP contribution >= 0.6 is 0 Å². The number of amides is 3. The molecule has 4 atom stereocenters. The number of hydrogen-bond donors (Lipinski definition) is 1. The molecule has 2 bridgehead atoms. The van der Waals surface area contributed by atoms with Gasteiger partial charge in [-0.1, -0.05) is 0 Å². The number of nitrogens with one attached hydrogen (secondary N) is 1. The number of carbonyl (C=O) groups excluding carboxylic acids is 3. The Hall–Kier alpha value is -2.11. The molecule has 2 aliphatic carbocycles. The van der Waals surface area contributed by atoms with Crippen molar-refractivity contribution in [3.8, 4) is 0 Å². The maximum absolute atomic E-state index is 12.5. The predicted octanol–water partition coefficient (Wildman–Crippen LogP) is 0.927. The van der Waals surface area contributed by atoms with Gasteiger partial charge in [0.15, 0.2) is 0 Å². The number of hydrogen-bond acceptors (Lipinski definition) is 4. The molecule has 22 heavy (non-hydrogen) atoms. The Bertz CT molecular complexity index is 596. The molecule has 1 saturated heterocycles. The topological polar surface area (TPSA) is 79.6 Å².